The van der Waals surface area contributed by atoms with Crippen LogP contribution in [0.3, 0.4) is 0 Å². The Morgan fingerprint density at radius 2 is 0.810 bits per heavy atom. The molecule has 3 heterocycles. The van der Waals surface area contributed by atoms with E-state index in [4.69, 9.17) is 0 Å². The largest absolute Gasteiger partial charge is 0.335 e. The first-order valence-electron chi connectivity index (χ1n) is 7.16. The second kappa shape index (κ2) is 4.31. The van der Waals surface area contributed by atoms with Gasteiger partial charge >= 0.3 is 0 Å². The number of hydrogen-bond acceptors (Lipinski definition) is 3. The summed E-state index contributed by atoms with van der Waals surface area (Å²) in [7, 11) is 0. The number of nitrogens with zero attached hydrogens (tertiary/aromatic N) is 3. The maximum absolute atomic E-state index is 12.2. The van der Waals surface area contributed by atoms with Gasteiger partial charge in [0.05, 0.1) is 0 Å². The topological polar surface area (TPSA) is 60.2 Å². The maximum atomic E-state index is 12.2. The molecule has 3 amide bonds. The fourth-order valence-corrected chi connectivity index (χ4v) is 2.31. The van der Waals surface area contributed by atoms with E-state index in [2.05, 4.69) is 0 Å². The third-order valence-electron chi connectivity index (χ3n) is 3.88. The van der Waals surface area contributed by atoms with Gasteiger partial charge in [-0.05, 0) is 18.2 Å². The summed E-state index contributed by atoms with van der Waals surface area (Å²) in [5.74, 6) is -0.305. The fourth-order valence-electron chi connectivity index (χ4n) is 2.31. The van der Waals surface area contributed by atoms with Crippen molar-refractivity contribution in [2.75, 3.05) is 39.3 Å². The Hall–Kier alpha value is -2.37. The van der Waals surface area contributed by atoms with E-state index in [0.717, 1.165) is 39.3 Å². The molecule has 0 radical (unpaired) electrons. The Kier molecular flexibility index (Phi) is 2.54. The highest BCUT2D eigenvalue weighted by molar-refractivity contribution is 6.05. The summed E-state index contributed by atoms with van der Waals surface area (Å²) in [6, 6.07) is 4.83. The smallest absolute Gasteiger partial charge is 0.254 e. The van der Waals surface area contributed by atoms with Gasteiger partial charge in [-0.3, -0.25) is 14.4 Å². The van der Waals surface area contributed by atoms with Crippen LogP contribution in [0.2, 0.25) is 0 Å². The molecule has 0 spiro atoms. The van der Waals surface area contributed by atoms with Crippen molar-refractivity contribution < 1.29 is 14.4 Å². The van der Waals surface area contributed by atoms with Gasteiger partial charge in [-0.1, -0.05) is 0 Å². The maximum Gasteiger partial charge on any atom is 0.254 e. The van der Waals surface area contributed by atoms with Crippen molar-refractivity contribution in [2.45, 2.75) is 0 Å². The van der Waals surface area contributed by atoms with Gasteiger partial charge in [0.2, 0.25) is 0 Å². The summed E-state index contributed by atoms with van der Waals surface area (Å²) in [5, 5.41) is 0. The number of benzene rings is 1. The molecule has 0 bridgehead atoms. The quantitative estimate of drug-likeness (QED) is 0.738. The molecule has 108 valence electrons. The Labute approximate surface area is 121 Å². The highest BCUT2D eigenvalue weighted by Gasteiger charge is 2.31. The van der Waals surface area contributed by atoms with E-state index in [-0.39, 0.29) is 17.7 Å². The van der Waals surface area contributed by atoms with Gasteiger partial charge < -0.3 is 14.7 Å². The average molecular weight is 285 g/mol. The second-order valence-electron chi connectivity index (χ2n) is 5.68. The monoisotopic (exact) mass is 285 g/mol. The van der Waals surface area contributed by atoms with Crippen LogP contribution in [0.5, 0.6) is 0 Å². The number of carbonyl (C=O) groups is 3. The molecule has 0 aromatic heterocycles. The molecule has 3 aliphatic heterocycles. The molecule has 21 heavy (non-hydrogen) atoms. The van der Waals surface area contributed by atoms with Crippen molar-refractivity contribution in [3.05, 3.63) is 34.9 Å². The molecule has 4 rings (SSSR count). The van der Waals surface area contributed by atoms with Crippen LogP contribution in [0.15, 0.2) is 18.2 Å². The molecule has 0 aliphatic carbocycles. The summed E-state index contributed by atoms with van der Waals surface area (Å²) in [4.78, 5) is 41.7. The minimum absolute atomic E-state index is 0.102. The highest BCUT2D eigenvalue weighted by Crippen LogP contribution is 2.21. The van der Waals surface area contributed by atoms with Crippen LogP contribution in [0.25, 0.3) is 0 Å². The molecule has 0 saturated carbocycles. The van der Waals surface area contributed by atoms with Crippen LogP contribution in [0, 0.1) is 0 Å². The lowest BCUT2D eigenvalue weighted by atomic mass is 10.0. The molecular weight excluding hydrogens is 270 g/mol. The molecule has 3 fully saturated rings. The average Bonchev–Trinajstić information content (AvgIpc) is 3.36. The number of rotatable bonds is 3. The molecule has 0 unspecified atom stereocenters. The van der Waals surface area contributed by atoms with Crippen LogP contribution >= 0.6 is 0 Å². The van der Waals surface area contributed by atoms with E-state index in [1.165, 1.54) is 0 Å². The van der Waals surface area contributed by atoms with Crippen molar-refractivity contribution in [3.63, 3.8) is 0 Å². The SMILES string of the molecule is O=C(c1cc(C(=O)N2CC2)cc(C(=O)N2CC2)c1)N1CC1. The van der Waals surface area contributed by atoms with Crippen molar-refractivity contribution in [1.29, 1.82) is 0 Å². The van der Waals surface area contributed by atoms with E-state index in [1.54, 1.807) is 32.9 Å². The van der Waals surface area contributed by atoms with Crippen LogP contribution < -0.4 is 0 Å². The molecule has 0 N–H and O–H groups in total. The standard InChI is InChI=1S/C15H15N3O3/c19-13(16-1-2-16)10-7-11(14(20)17-3-4-17)9-12(8-10)15(21)18-5-6-18/h7-9H,1-6H2. The summed E-state index contributed by atoms with van der Waals surface area (Å²) in [5.41, 5.74) is 1.31. The molecule has 3 aliphatic rings. The van der Waals surface area contributed by atoms with Gasteiger partial charge in [-0.25, -0.2) is 0 Å². The third kappa shape index (κ3) is 2.37. The normalized spacial score (nSPS) is 18.6. The summed E-state index contributed by atoms with van der Waals surface area (Å²) < 4.78 is 0. The van der Waals surface area contributed by atoms with Gasteiger partial charge in [-0.15, -0.1) is 0 Å². The summed E-state index contributed by atoms with van der Waals surface area (Å²) in [6.45, 7) is 4.49. The molecular formula is C15H15N3O3. The fraction of sp³-hybridized carbons (Fsp3) is 0.400. The molecule has 6 nitrogen and oxygen atoms in total. The Morgan fingerprint density at radius 3 is 1.00 bits per heavy atom. The molecule has 1 aromatic carbocycles. The summed E-state index contributed by atoms with van der Waals surface area (Å²) in [6.07, 6.45) is 0. The Bertz CT molecular complexity index is 555. The van der Waals surface area contributed by atoms with Gasteiger partial charge in [0.1, 0.15) is 0 Å². The second-order valence-corrected chi connectivity index (χ2v) is 5.68. The minimum atomic E-state index is -0.102. The van der Waals surface area contributed by atoms with E-state index in [9.17, 15) is 14.4 Å². The predicted molar refractivity (Wildman–Crippen MR) is 74.2 cm³/mol. The Morgan fingerprint density at radius 1 is 0.571 bits per heavy atom. The first-order chi connectivity index (χ1) is 10.1. The zero-order valence-electron chi connectivity index (χ0n) is 11.5. The first kappa shape index (κ1) is 12.4. The van der Waals surface area contributed by atoms with Crippen LogP contribution in [0.1, 0.15) is 31.1 Å². The van der Waals surface area contributed by atoms with E-state index in [0.29, 0.717) is 16.7 Å². The zero-order chi connectivity index (χ0) is 14.6. The van der Waals surface area contributed by atoms with Crippen molar-refractivity contribution >= 4 is 17.7 Å². The van der Waals surface area contributed by atoms with Crippen molar-refractivity contribution in [1.82, 2.24) is 14.7 Å². The van der Waals surface area contributed by atoms with Gasteiger partial charge in [0, 0.05) is 56.0 Å². The zero-order valence-corrected chi connectivity index (χ0v) is 11.5. The Balaban J connectivity index is 1.72. The number of carbonyl (C=O) groups excluding carboxylic acids is 3. The summed E-state index contributed by atoms with van der Waals surface area (Å²) >= 11 is 0. The van der Waals surface area contributed by atoms with Gasteiger partial charge in [0.25, 0.3) is 17.7 Å². The van der Waals surface area contributed by atoms with Gasteiger partial charge in [0.15, 0.2) is 0 Å². The van der Waals surface area contributed by atoms with Crippen LogP contribution in [-0.4, -0.2) is 71.7 Å². The molecule has 0 atom stereocenters. The third-order valence-corrected chi connectivity index (χ3v) is 3.88. The van der Waals surface area contributed by atoms with Crippen molar-refractivity contribution in [3.8, 4) is 0 Å². The van der Waals surface area contributed by atoms with Gasteiger partial charge in [-0.2, -0.15) is 0 Å². The number of hydrogen-bond donors (Lipinski definition) is 0. The molecule has 3 saturated heterocycles. The number of amides is 3. The van der Waals surface area contributed by atoms with Crippen LogP contribution in [-0.2, 0) is 0 Å². The van der Waals surface area contributed by atoms with E-state index in [1.807, 2.05) is 0 Å². The van der Waals surface area contributed by atoms with Crippen LogP contribution in [0.4, 0.5) is 0 Å². The molecule has 1 aromatic rings. The van der Waals surface area contributed by atoms with E-state index >= 15 is 0 Å². The predicted octanol–water partition coefficient (Wildman–Crippen LogP) is 0.0540. The lowest BCUT2D eigenvalue weighted by molar-refractivity contribution is 0.0885. The lowest BCUT2D eigenvalue weighted by Gasteiger charge is -2.10. The van der Waals surface area contributed by atoms with Crippen molar-refractivity contribution in [2.24, 2.45) is 0 Å². The van der Waals surface area contributed by atoms with E-state index < -0.39 is 0 Å². The first-order valence-corrected chi connectivity index (χ1v) is 7.16. The molecule has 6 heteroatoms. The lowest BCUT2D eigenvalue weighted by Crippen LogP contribution is -2.18. The minimum Gasteiger partial charge on any atom is -0.335 e. The highest BCUT2D eigenvalue weighted by atomic mass is 16.2.